The highest BCUT2D eigenvalue weighted by Gasteiger charge is 2.20. The molecule has 1 aromatic rings. The first-order valence-corrected chi connectivity index (χ1v) is 8.44. The summed E-state index contributed by atoms with van der Waals surface area (Å²) in [6.45, 7) is 11.9. The Balaban J connectivity index is 1.48. The van der Waals surface area contributed by atoms with Crippen molar-refractivity contribution in [2.75, 3.05) is 37.6 Å². The van der Waals surface area contributed by atoms with Gasteiger partial charge < -0.3 is 4.90 Å². The van der Waals surface area contributed by atoms with Gasteiger partial charge in [0.05, 0.1) is 0 Å². The SMILES string of the molecule is C=C(C)[C@@H]1CC=C(CN2CCN(c3ccccn3)CC2)CC1. The van der Waals surface area contributed by atoms with E-state index in [-0.39, 0.29) is 0 Å². The van der Waals surface area contributed by atoms with Crippen LogP contribution in [0.25, 0.3) is 0 Å². The Bertz CT molecular complexity index is 527. The molecule has 3 rings (SSSR count). The minimum Gasteiger partial charge on any atom is -0.354 e. The molecule has 3 nitrogen and oxygen atoms in total. The van der Waals surface area contributed by atoms with Crippen LogP contribution >= 0.6 is 0 Å². The molecule has 1 aliphatic carbocycles. The Hall–Kier alpha value is -1.61. The number of allylic oxidation sites excluding steroid dienone is 2. The number of aromatic nitrogens is 1. The molecule has 22 heavy (non-hydrogen) atoms. The Morgan fingerprint density at radius 1 is 1.27 bits per heavy atom. The minimum absolute atomic E-state index is 0.713. The van der Waals surface area contributed by atoms with Crippen molar-refractivity contribution in [3.8, 4) is 0 Å². The molecule has 2 aliphatic rings. The van der Waals surface area contributed by atoms with E-state index in [9.17, 15) is 0 Å². The van der Waals surface area contributed by atoms with Gasteiger partial charge in [0.1, 0.15) is 5.82 Å². The van der Waals surface area contributed by atoms with E-state index in [2.05, 4.69) is 46.5 Å². The van der Waals surface area contributed by atoms with Crippen LogP contribution in [0.1, 0.15) is 26.2 Å². The summed E-state index contributed by atoms with van der Waals surface area (Å²) in [5.41, 5.74) is 2.98. The molecule has 2 heterocycles. The van der Waals surface area contributed by atoms with Gasteiger partial charge in [0.25, 0.3) is 0 Å². The molecular weight excluding hydrogens is 270 g/mol. The zero-order valence-corrected chi connectivity index (χ0v) is 13.7. The summed E-state index contributed by atoms with van der Waals surface area (Å²) in [5, 5.41) is 0. The highest BCUT2D eigenvalue weighted by atomic mass is 15.3. The first-order chi connectivity index (χ1) is 10.7. The molecular formula is C19H27N3. The summed E-state index contributed by atoms with van der Waals surface area (Å²) in [6, 6.07) is 6.16. The van der Waals surface area contributed by atoms with Crippen molar-refractivity contribution in [1.29, 1.82) is 0 Å². The van der Waals surface area contributed by atoms with E-state index in [1.807, 2.05) is 12.3 Å². The molecule has 0 unspecified atom stereocenters. The van der Waals surface area contributed by atoms with Gasteiger partial charge in [0, 0.05) is 38.9 Å². The lowest BCUT2D eigenvalue weighted by Crippen LogP contribution is -2.47. The standard InChI is InChI=1S/C19H27N3/c1-16(2)18-8-6-17(7-9-18)15-21-11-13-22(14-12-21)19-5-3-4-10-20-19/h3-6,10,18H,1,7-9,11-15H2,2H3/t18-/m1/s1. The van der Waals surface area contributed by atoms with E-state index < -0.39 is 0 Å². The molecule has 0 amide bonds. The third kappa shape index (κ3) is 3.77. The van der Waals surface area contributed by atoms with E-state index in [4.69, 9.17) is 0 Å². The van der Waals surface area contributed by atoms with Gasteiger partial charge in [-0.3, -0.25) is 4.90 Å². The van der Waals surface area contributed by atoms with Crippen LogP contribution in [0.15, 0.2) is 48.2 Å². The summed E-state index contributed by atoms with van der Waals surface area (Å²) in [6.07, 6.45) is 8.08. The normalized spacial score (nSPS) is 23.2. The van der Waals surface area contributed by atoms with Crippen molar-refractivity contribution >= 4 is 5.82 Å². The number of piperazine rings is 1. The molecule has 0 N–H and O–H groups in total. The van der Waals surface area contributed by atoms with Crippen LogP contribution in [-0.4, -0.2) is 42.6 Å². The summed E-state index contributed by atoms with van der Waals surface area (Å²) < 4.78 is 0. The number of nitrogens with zero attached hydrogens (tertiary/aromatic N) is 3. The molecule has 0 bridgehead atoms. The first-order valence-electron chi connectivity index (χ1n) is 8.44. The molecule has 0 spiro atoms. The first kappa shape index (κ1) is 15.3. The van der Waals surface area contributed by atoms with Gasteiger partial charge in [-0.1, -0.05) is 29.9 Å². The maximum absolute atomic E-state index is 4.46. The number of hydrogen-bond donors (Lipinski definition) is 0. The Morgan fingerprint density at radius 3 is 2.68 bits per heavy atom. The van der Waals surface area contributed by atoms with E-state index in [0.717, 1.165) is 38.5 Å². The van der Waals surface area contributed by atoms with Crippen molar-refractivity contribution in [3.63, 3.8) is 0 Å². The average Bonchev–Trinajstić information content (AvgIpc) is 2.57. The van der Waals surface area contributed by atoms with Crippen LogP contribution in [0.4, 0.5) is 5.82 Å². The fourth-order valence-corrected chi connectivity index (χ4v) is 3.44. The van der Waals surface area contributed by atoms with Gasteiger partial charge in [-0.05, 0) is 44.2 Å². The molecule has 1 saturated heterocycles. The highest BCUT2D eigenvalue weighted by Crippen LogP contribution is 2.28. The quantitative estimate of drug-likeness (QED) is 0.793. The third-order valence-corrected chi connectivity index (χ3v) is 4.97. The summed E-state index contributed by atoms with van der Waals surface area (Å²) in [4.78, 5) is 9.44. The monoisotopic (exact) mass is 297 g/mol. The van der Waals surface area contributed by atoms with Crippen LogP contribution in [0.3, 0.4) is 0 Å². The largest absolute Gasteiger partial charge is 0.354 e. The molecule has 118 valence electrons. The van der Waals surface area contributed by atoms with Crippen LogP contribution < -0.4 is 4.90 Å². The predicted octanol–water partition coefficient (Wildman–Crippen LogP) is 3.51. The maximum atomic E-state index is 4.46. The second-order valence-electron chi connectivity index (χ2n) is 6.63. The molecule has 1 aromatic heterocycles. The molecule has 0 aromatic carbocycles. The maximum Gasteiger partial charge on any atom is 0.128 e. The van der Waals surface area contributed by atoms with Crippen molar-refractivity contribution < 1.29 is 0 Å². The Kier molecular flexibility index (Phi) is 4.94. The highest BCUT2D eigenvalue weighted by molar-refractivity contribution is 5.38. The fourth-order valence-electron chi connectivity index (χ4n) is 3.44. The van der Waals surface area contributed by atoms with E-state index >= 15 is 0 Å². The minimum atomic E-state index is 0.713. The second kappa shape index (κ2) is 7.10. The van der Waals surface area contributed by atoms with E-state index in [0.29, 0.717) is 5.92 Å². The molecule has 0 saturated carbocycles. The van der Waals surface area contributed by atoms with E-state index in [1.54, 1.807) is 5.57 Å². The Morgan fingerprint density at radius 2 is 2.09 bits per heavy atom. The summed E-state index contributed by atoms with van der Waals surface area (Å²) in [7, 11) is 0. The topological polar surface area (TPSA) is 19.4 Å². The molecule has 1 atom stereocenters. The lowest BCUT2D eigenvalue weighted by atomic mass is 9.85. The van der Waals surface area contributed by atoms with Crippen molar-refractivity contribution in [2.45, 2.75) is 26.2 Å². The van der Waals surface area contributed by atoms with Gasteiger partial charge in [0.15, 0.2) is 0 Å². The fraction of sp³-hybridized carbons (Fsp3) is 0.526. The molecule has 1 fully saturated rings. The number of hydrogen-bond acceptors (Lipinski definition) is 3. The lowest BCUT2D eigenvalue weighted by molar-refractivity contribution is 0.272. The number of pyridine rings is 1. The third-order valence-electron chi connectivity index (χ3n) is 4.97. The zero-order chi connectivity index (χ0) is 15.4. The lowest BCUT2D eigenvalue weighted by Gasteiger charge is -2.36. The average molecular weight is 297 g/mol. The van der Waals surface area contributed by atoms with Gasteiger partial charge in [0.2, 0.25) is 0 Å². The predicted molar refractivity (Wildman–Crippen MR) is 93.1 cm³/mol. The Labute approximate surface area is 134 Å². The van der Waals surface area contributed by atoms with Crippen LogP contribution in [0.5, 0.6) is 0 Å². The zero-order valence-electron chi connectivity index (χ0n) is 13.7. The van der Waals surface area contributed by atoms with Crippen LogP contribution in [0, 0.1) is 5.92 Å². The van der Waals surface area contributed by atoms with Gasteiger partial charge in [-0.2, -0.15) is 0 Å². The molecule has 1 aliphatic heterocycles. The van der Waals surface area contributed by atoms with Crippen molar-refractivity contribution in [3.05, 3.63) is 48.2 Å². The van der Waals surface area contributed by atoms with Crippen molar-refractivity contribution in [2.24, 2.45) is 5.92 Å². The van der Waals surface area contributed by atoms with Crippen LogP contribution in [-0.2, 0) is 0 Å². The van der Waals surface area contributed by atoms with Gasteiger partial charge in [-0.15, -0.1) is 0 Å². The van der Waals surface area contributed by atoms with Gasteiger partial charge in [-0.25, -0.2) is 4.98 Å². The number of rotatable bonds is 4. The van der Waals surface area contributed by atoms with E-state index in [1.165, 1.54) is 24.8 Å². The number of anilines is 1. The van der Waals surface area contributed by atoms with Gasteiger partial charge >= 0.3 is 0 Å². The summed E-state index contributed by atoms with van der Waals surface area (Å²) in [5.74, 6) is 1.83. The summed E-state index contributed by atoms with van der Waals surface area (Å²) >= 11 is 0. The molecule has 0 radical (unpaired) electrons. The van der Waals surface area contributed by atoms with Crippen molar-refractivity contribution in [1.82, 2.24) is 9.88 Å². The van der Waals surface area contributed by atoms with Crippen LogP contribution in [0.2, 0.25) is 0 Å². The molecule has 3 heteroatoms. The second-order valence-corrected chi connectivity index (χ2v) is 6.63. The smallest absolute Gasteiger partial charge is 0.128 e.